The third-order valence-corrected chi connectivity index (χ3v) is 2.84. The largest absolute Gasteiger partial charge is 0.324 e. The van der Waals surface area contributed by atoms with Crippen molar-refractivity contribution in [3.63, 3.8) is 0 Å². The minimum absolute atomic E-state index is 0.120. The van der Waals surface area contributed by atoms with Crippen molar-refractivity contribution in [1.29, 1.82) is 0 Å². The van der Waals surface area contributed by atoms with Crippen molar-refractivity contribution in [2.75, 3.05) is 0 Å². The normalized spacial score (nSPS) is 12.7. The maximum absolute atomic E-state index is 6.24. The third kappa shape index (κ3) is 2.70. The first-order valence-electron chi connectivity index (χ1n) is 6.04. The van der Waals surface area contributed by atoms with Crippen molar-refractivity contribution in [2.45, 2.75) is 32.7 Å². The Morgan fingerprint density at radius 1 is 1.33 bits per heavy atom. The van der Waals surface area contributed by atoms with E-state index in [2.05, 4.69) is 27.4 Å². The predicted molar refractivity (Wildman–Crippen MR) is 67.8 cm³/mol. The smallest absolute Gasteiger partial charge is 0.0845 e. The summed E-state index contributed by atoms with van der Waals surface area (Å²) in [5.41, 5.74) is 10.0. The molecule has 0 radical (unpaired) electrons. The number of rotatable bonds is 4. The summed E-state index contributed by atoms with van der Waals surface area (Å²) < 4.78 is 1.68. The number of aryl methyl sites for hydroxylation is 3. The second-order valence-corrected chi connectivity index (χ2v) is 4.44. The lowest BCUT2D eigenvalue weighted by molar-refractivity contribution is 0.675. The second kappa shape index (κ2) is 5.22. The molecule has 0 spiro atoms. The quantitative estimate of drug-likeness (QED) is 0.859. The molecule has 1 unspecified atom stereocenters. The number of hydrogen-bond donors (Lipinski definition) is 1. The zero-order valence-electron chi connectivity index (χ0n) is 11.0. The van der Waals surface area contributed by atoms with E-state index in [0.717, 1.165) is 29.1 Å². The van der Waals surface area contributed by atoms with Crippen LogP contribution in [-0.4, -0.2) is 25.2 Å². The van der Waals surface area contributed by atoms with Gasteiger partial charge in [0.05, 0.1) is 17.1 Å². The summed E-state index contributed by atoms with van der Waals surface area (Å²) in [6, 6.07) is 1.89. The Balaban J connectivity index is 2.22. The zero-order chi connectivity index (χ0) is 13.1. The monoisotopic (exact) mass is 246 g/mol. The van der Waals surface area contributed by atoms with Gasteiger partial charge in [0, 0.05) is 25.7 Å². The van der Waals surface area contributed by atoms with Gasteiger partial charge in [-0.05, 0) is 25.0 Å². The molecule has 18 heavy (non-hydrogen) atoms. The van der Waals surface area contributed by atoms with Crippen LogP contribution in [0.15, 0.2) is 12.3 Å². The molecule has 0 bridgehead atoms. The molecule has 2 aromatic heterocycles. The summed E-state index contributed by atoms with van der Waals surface area (Å²) in [6.45, 7) is 3.98. The van der Waals surface area contributed by atoms with Crippen LogP contribution in [0.1, 0.15) is 35.6 Å². The minimum Gasteiger partial charge on any atom is -0.324 e. The Hall–Kier alpha value is -1.82. The lowest BCUT2D eigenvalue weighted by Crippen LogP contribution is -2.17. The molecule has 0 aliphatic rings. The average Bonchev–Trinajstić information content (AvgIpc) is 2.74. The Kier molecular flexibility index (Phi) is 3.66. The number of nitrogens with two attached hydrogens (primary N) is 1. The van der Waals surface area contributed by atoms with E-state index in [1.807, 2.05) is 26.2 Å². The van der Waals surface area contributed by atoms with Crippen molar-refractivity contribution < 1.29 is 0 Å². The van der Waals surface area contributed by atoms with E-state index in [4.69, 9.17) is 5.73 Å². The van der Waals surface area contributed by atoms with Crippen LogP contribution in [0, 0.1) is 6.92 Å². The standard InChI is InChI=1S/C12H18N6/c1-4-12-10(5-8(2)14-16-12)11(13)6-9-7-18(3)17-15-9/h5,7,11H,4,6,13H2,1-3H3. The van der Waals surface area contributed by atoms with Crippen LogP contribution in [-0.2, 0) is 19.9 Å². The van der Waals surface area contributed by atoms with Gasteiger partial charge in [-0.2, -0.15) is 10.2 Å². The molecule has 0 amide bonds. The molecule has 2 aromatic rings. The maximum atomic E-state index is 6.24. The average molecular weight is 246 g/mol. The third-order valence-electron chi connectivity index (χ3n) is 2.84. The molecule has 2 N–H and O–H groups in total. The zero-order valence-corrected chi connectivity index (χ0v) is 11.0. The van der Waals surface area contributed by atoms with Crippen molar-refractivity contribution in [3.8, 4) is 0 Å². The molecule has 1 atom stereocenters. The van der Waals surface area contributed by atoms with Gasteiger partial charge < -0.3 is 5.73 Å². The number of aromatic nitrogens is 5. The van der Waals surface area contributed by atoms with Gasteiger partial charge >= 0.3 is 0 Å². The predicted octanol–water partition coefficient (Wildman–Crippen LogP) is 0.718. The van der Waals surface area contributed by atoms with Gasteiger partial charge in [0.15, 0.2) is 0 Å². The highest BCUT2D eigenvalue weighted by Gasteiger charge is 2.14. The van der Waals surface area contributed by atoms with Gasteiger partial charge in [-0.1, -0.05) is 12.1 Å². The van der Waals surface area contributed by atoms with E-state index in [1.165, 1.54) is 0 Å². The molecular formula is C12H18N6. The Labute approximate surface area is 106 Å². The SMILES string of the molecule is CCc1nnc(C)cc1C(N)Cc1cn(C)nn1. The van der Waals surface area contributed by atoms with E-state index in [-0.39, 0.29) is 6.04 Å². The van der Waals surface area contributed by atoms with Crippen LogP contribution < -0.4 is 5.73 Å². The molecule has 96 valence electrons. The van der Waals surface area contributed by atoms with E-state index in [0.29, 0.717) is 6.42 Å². The minimum atomic E-state index is -0.120. The van der Waals surface area contributed by atoms with Gasteiger partial charge in [-0.15, -0.1) is 5.10 Å². The summed E-state index contributed by atoms with van der Waals surface area (Å²) in [4.78, 5) is 0. The van der Waals surface area contributed by atoms with Crippen molar-refractivity contribution in [3.05, 3.63) is 34.9 Å². The fraction of sp³-hybridized carbons (Fsp3) is 0.500. The molecule has 6 nitrogen and oxygen atoms in total. The molecule has 0 fully saturated rings. The van der Waals surface area contributed by atoms with Crippen molar-refractivity contribution in [1.82, 2.24) is 25.2 Å². The van der Waals surface area contributed by atoms with E-state index in [9.17, 15) is 0 Å². The molecular weight excluding hydrogens is 228 g/mol. The van der Waals surface area contributed by atoms with Gasteiger partial charge in [0.2, 0.25) is 0 Å². The maximum Gasteiger partial charge on any atom is 0.0845 e. The van der Waals surface area contributed by atoms with Crippen LogP contribution >= 0.6 is 0 Å². The van der Waals surface area contributed by atoms with E-state index in [1.54, 1.807) is 4.68 Å². The fourth-order valence-corrected chi connectivity index (χ4v) is 1.95. The summed E-state index contributed by atoms with van der Waals surface area (Å²) in [5.74, 6) is 0. The Bertz CT molecular complexity index is 533. The topological polar surface area (TPSA) is 82.5 Å². The summed E-state index contributed by atoms with van der Waals surface area (Å²) in [7, 11) is 1.84. The highest BCUT2D eigenvalue weighted by molar-refractivity contribution is 5.25. The first kappa shape index (κ1) is 12.6. The van der Waals surface area contributed by atoms with E-state index >= 15 is 0 Å². The summed E-state index contributed by atoms with van der Waals surface area (Å²) in [6.07, 6.45) is 3.37. The molecule has 2 heterocycles. The van der Waals surface area contributed by atoms with Gasteiger partial charge in [0.1, 0.15) is 0 Å². The van der Waals surface area contributed by atoms with Crippen LogP contribution in [0.5, 0.6) is 0 Å². The highest BCUT2D eigenvalue weighted by Crippen LogP contribution is 2.18. The van der Waals surface area contributed by atoms with Crippen LogP contribution in [0.2, 0.25) is 0 Å². The lowest BCUT2D eigenvalue weighted by atomic mass is 10.0. The molecule has 0 aromatic carbocycles. The molecule has 0 aliphatic carbocycles. The number of hydrogen-bond acceptors (Lipinski definition) is 5. The van der Waals surface area contributed by atoms with Crippen LogP contribution in [0.25, 0.3) is 0 Å². The van der Waals surface area contributed by atoms with Gasteiger partial charge in [0.25, 0.3) is 0 Å². The first-order chi connectivity index (χ1) is 8.60. The summed E-state index contributed by atoms with van der Waals surface area (Å²) >= 11 is 0. The highest BCUT2D eigenvalue weighted by atomic mass is 15.4. The number of nitrogens with zero attached hydrogens (tertiary/aromatic N) is 5. The molecule has 0 aliphatic heterocycles. The van der Waals surface area contributed by atoms with E-state index < -0.39 is 0 Å². The molecule has 2 rings (SSSR count). The Morgan fingerprint density at radius 2 is 2.11 bits per heavy atom. The fourth-order valence-electron chi connectivity index (χ4n) is 1.95. The summed E-state index contributed by atoms with van der Waals surface area (Å²) in [5, 5.41) is 16.2. The van der Waals surface area contributed by atoms with Gasteiger partial charge in [-0.3, -0.25) is 4.68 Å². The van der Waals surface area contributed by atoms with Gasteiger partial charge in [-0.25, -0.2) is 0 Å². The first-order valence-corrected chi connectivity index (χ1v) is 6.04. The molecule has 6 heteroatoms. The molecule has 0 saturated heterocycles. The Morgan fingerprint density at radius 3 is 2.72 bits per heavy atom. The molecule has 0 saturated carbocycles. The van der Waals surface area contributed by atoms with Crippen molar-refractivity contribution >= 4 is 0 Å². The van der Waals surface area contributed by atoms with Crippen LogP contribution in [0.4, 0.5) is 0 Å². The lowest BCUT2D eigenvalue weighted by Gasteiger charge is -2.13. The van der Waals surface area contributed by atoms with Crippen molar-refractivity contribution in [2.24, 2.45) is 12.8 Å². The van der Waals surface area contributed by atoms with Crippen LogP contribution in [0.3, 0.4) is 0 Å². The second-order valence-electron chi connectivity index (χ2n) is 4.44.